The van der Waals surface area contributed by atoms with Crippen LogP contribution >= 0.6 is 0 Å². The van der Waals surface area contributed by atoms with Crippen LogP contribution in [0.3, 0.4) is 0 Å². The standard InChI is InChI=1S/C16H17NO4/c1-10-9-21-13(8-14(18)19)15(10)16(20)17-11(2)12-6-4-3-5-7-12/h3-7,9,11H,8H2,1-2H3,(H,17,20)(H,18,19)/t11-/m1/s1. The molecule has 0 radical (unpaired) electrons. The number of hydrogen-bond acceptors (Lipinski definition) is 3. The zero-order valence-corrected chi connectivity index (χ0v) is 11.9. The van der Waals surface area contributed by atoms with E-state index in [9.17, 15) is 9.59 Å². The molecule has 1 aromatic carbocycles. The van der Waals surface area contributed by atoms with Gasteiger partial charge in [0.15, 0.2) is 0 Å². The fraction of sp³-hybridized carbons (Fsp3) is 0.250. The number of aliphatic carboxylic acids is 1. The normalized spacial score (nSPS) is 11.9. The number of hydrogen-bond donors (Lipinski definition) is 2. The molecule has 0 saturated heterocycles. The average molecular weight is 287 g/mol. The highest BCUT2D eigenvalue weighted by Gasteiger charge is 2.21. The second-order valence-electron chi connectivity index (χ2n) is 4.89. The number of nitrogens with one attached hydrogen (secondary N) is 1. The first-order valence-corrected chi connectivity index (χ1v) is 6.63. The highest BCUT2D eigenvalue weighted by atomic mass is 16.4. The summed E-state index contributed by atoms with van der Waals surface area (Å²) < 4.78 is 5.17. The molecule has 110 valence electrons. The SMILES string of the molecule is Cc1coc(CC(=O)O)c1C(=O)N[C@H](C)c1ccccc1. The van der Waals surface area contributed by atoms with Crippen molar-refractivity contribution in [1.82, 2.24) is 5.32 Å². The smallest absolute Gasteiger partial charge is 0.311 e. The second-order valence-corrected chi connectivity index (χ2v) is 4.89. The van der Waals surface area contributed by atoms with Gasteiger partial charge >= 0.3 is 5.97 Å². The molecule has 0 aliphatic rings. The van der Waals surface area contributed by atoms with E-state index in [0.717, 1.165) is 5.56 Å². The number of carboxylic acid groups (broad SMARTS) is 1. The summed E-state index contributed by atoms with van der Waals surface area (Å²) in [6, 6.07) is 9.37. The van der Waals surface area contributed by atoms with Crippen LogP contribution in [0.4, 0.5) is 0 Å². The van der Waals surface area contributed by atoms with E-state index in [4.69, 9.17) is 9.52 Å². The molecule has 0 fully saturated rings. The average Bonchev–Trinajstić information content (AvgIpc) is 2.80. The maximum atomic E-state index is 12.3. The largest absolute Gasteiger partial charge is 0.481 e. The van der Waals surface area contributed by atoms with Gasteiger partial charge in [-0.3, -0.25) is 9.59 Å². The van der Waals surface area contributed by atoms with Gasteiger partial charge in [0.2, 0.25) is 0 Å². The maximum absolute atomic E-state index is 12.3. The highest BCUT2D eigenvalue weighted by Crippen LogP contribution is 2.19. The minimum atomic E-state index is -1.03. The summed E-state index contributed by atoms with van der Waals surface area (Å²) in [5, 5.41) is 11.7. The molecular formula is C16H17NO4. The van der Waals surface area contributed by atoms with Crippen LogP contribution in [-0.2, 0) is 11.2 Å². The molecule has 0 aliphatic carbocycles. The summed E-state index contributed by atoms with van der Waals surface area (Å²) >= 11 is 0. The summed E-state index contributed by atoms with van der Waals surface area (Å²) in [7, 11) is 0. The van der Waals surface area contributed by atoms with Crippen molar-refractivity contribution in [3.63, 3.8) is 0 Å². The monoisotopic (exact) mass is 287 g/mol. The van der Waals surface area contributed by atoms with E-state index in [0.29, 0.717) is 11.1 Å². The Balaban J connectivity index is 2.17. The van der Waals surface area contributed by atoms with E-state index >= 15 is 0 Å². The van der Waals surface area contributed by atoms with E-state index in [1.165, 1.54) is 6.26 Å². The fourth-order valence-electron chi connectivity index (χ4n) is 2.16. The van der Waals surface area contributed by atoms with Crippen LogP contribution < -0.4 is 5.32 Å². The number of benzene rings is 1. The molecule has 1 amide bonds. The minimum absolute atomic E-state index is 0.175. The van der Waals surface area contributed by atoms with Gasteiger partial charge in [-0.25, -0.2) is 0 Å². The molecule has 2 N–H and O–H groups in total. The van der Waals surface area contributed by atoms with Crippen LogP contribution in [0, 0.1) is 6.92 Å². The lowest BCUT2D eigenvalue weighted by molar-refractivity contribution is -0.136. The van der Waals surface area contributed by atoms with Crippen LogP contribution in [0.1, 0.15) is 40.2 Å². The van der Waals surface area contributed by atoms with Gasteiger partial charge in [0.05, 0.1) is 17.9 Å². The van der Waals surface area contributed by atoms with Crippen LogP contribution in [0.5, 0.6) is 0 Å². The van der Waals surface area contributed by atoms with Crippen LogP contribution in [0.2, 0.25) is 0 Å². The van der Waals surface area contributed by atoms with Crippen molar-refractivity contribution in [2.24, 2.45) is 0 Å². The Bertz CT molecular complexity index is 646. The predicted molar refractivity (Wildman–Crippen MR) is 77.1 cm³/mol. The highest BCUT2D eigenvalue weighted by molar-refractivity contribution is 5.97. The number of carbonyl (C=O) groups is 2. The maximum Gasteiger partial charge on any atom is 0.311 e. The molecular weight excluding hydrogens is 270 g/mol. The molecule has 5 nitrogen and oxygen atoms in total. The van der Waals surface area contributed by atoms with E-state index < -0.39 is 5.97 Å². The second kappa shape index (κ2) is 6.26. The summed E-state index contributed by atoms with van der Waals surface area (Å²) in [6.07, 6.45) is 1.09. The Hall–Kier alpha value is -2.56. The lowest BCUT2D eigenvalue weighted by Gasteiger charge is -2.14. The first-order chi connectivity index (χ1) is 9.99. The van der Waals surface area contributed by atoms with Crippen molar-refractivity contribution in [1.29, 1.82) is 0 Å². The van der Waals surface area contributed by atoms with Crippen molar-refractivity contribution in [2.45, 2.75) is 26.3 Å². The zero-order chi connectivity index (χ0) is 15.4. The first kappa shape index (κ1) is 14.8. The molecule has 0 aliphatic heterocycles. The Labute approximate surface area is 122 Å². The van der Waals surface area contributed by atoms with Crippen molar-refractivity contribution >= 4 is 11.9 Å². The molecule has 0 saturated carbocycles. The lowest BCUT2D eigenvalue weighted by Crippen LogP contribution is -2.27. The fourth-order valence-corrected chi connectivity index (χ4v) is 2.16. The number of amides is 1. The van der Waals surface area contributed by atoms with Gasteiger partial charge in [0.1, 0.15) is 12.2 Å². The quantitative estimate of drug-likeness (QED) is 0.886. The van der Waals surface area contributed by atoms with Gasteiger partial charge in [-0.2, -0.15) is 0 Å². The van der Waals surface area contributed by atoms with Crippen molar-refractivity contribution in [3.05, 3.63) is 59.0 Å². The molecule has 21 heavy (non-hydrogen) atoms. The first-order valence-electron chi connectivity index (χ1n) is 6.63. The van der Waals surface area contributed by atoms with Gasteiger partial charge in [-0.15, -0.1) is 0 Å². The summed E-state index contributed by atoms with van der Waals surface area (Å²) in [5.41, 5.74) is 1.91. The van der Waals surface area contributed by atoms with Gasteiger partial charge in [0, 0.05) is 5.56 Å². The number of furan rings is 1. The van der Waals surface area contributed by atoms with E-state index in [1.54, 1.807) is 6.92 Å². The van der Waals surface area contributed by atoms with Gasteiger partial charge < -0.3 is 14.8 Å². The van der Waals surface area contributed by atoms with E-state index in [1.807, 2.05) is 37.3 Å². The predicted octanol–water partition coefficient (Wildman–Crippen LogP) is 2.71. The molecule has 1 aromatic heterocycles. The number of rotatable bonds is 5. The molecule has 1 atom stereocenters. The number of aryl methyl sites for hydroxylation is 1. The Morgan fingerprint density at radius 2 is 1.95 bits per heavy atom. The van der Waals surface area contributed by atoms with Crippen molar-refractivity contribution in [2.75, 3.05) is 0 Å². The molecule has 0 unspecified atom stereocenters. The Morgan fingerprint density at radius 3 is 2.57 bits per heavy atom. The molecule has 0 spiro atoms. The van der Waals surface area contributed by atoms with Gasteiger partial charge in [0.25, 0.3) is 5.91 Å². The number of carbonyl (C=O) groups excluding carboxylic acids is 1. The molecule has 1 heterocycles. The molecule has 5 heteroatoms. The lowest BCUT2D eigenvalue weighted by atomic mass is 10.1. The Morgan fingerprint density at radius 1 is 1.29 bits per heavy atom. The summed E-state index contributed by atoms with van der Waals surface area (Å²) in [5.74, 6) is -1.18. The van der Waals surface area contributed by atoms with Crippen molar-refractivity contribution in [3.8, 4) is 0 Å². The van der Waals surface area contributed by atoms with E-state index in [-0.39, 0.29) is 24.1 Å². The van der Waals surface area contributed by atoms with Crippen molar-refractivity contribution < 1.29 is 19.1 Å². The summed E-state index contributed by atoms with van der Waals surface area (Å²) in [4.78, 5) is 23.2. The molecule has 2 rings (SSSR count). The van der Waals surface area contributed by atoms with Crippen LogP contribution in [0.25, 0.3) is 0 Å². The summed E-state index contributed by atoms with van der Waals surface area (Å²) in [6.45, 7) is 3.59. The minimum Gasteiger partial charge on any atom is -0.481 e. The third-order valence-corrected chi connectivity index (χ3v) is 3.24. The molecule has 2 aromatic rings. The van der Waals surface area contributed by atoms with Gasteiger partial charge in [-0.1, -0.05) is 30.3 Å². The van der Waals surface area contributed by atoms with Crippen LogP contribution in [0.15, 0.2) is 41.0 Å². The zero-order valence-electron chi connectivity index (χ0n) is 11.9. The molecule has 0 bridgehead atoms. The number of carboxylic acids is 1. The van der Waals surface area contributed by atoms with E-state index in [2.05, 4.69) is 5.32 Å². The third kappa shape index (κ3) is 3.51. The van der Waals surface area contributed by atoms with Crippen LogP contribution in [-0.4, -0.2) is 17.0 Å². The van der Waals surface area contributed by atoms with Gasteiger partial charge in [-0.05, 0) is 19.4 Å². The Kier molecular flexibility index (Phi) is 4.42. The third-order valence-electron chi connectivity index (χ3n) is 3.24. The topological polar surface area (TPSA) is 79.5 Å².